The number of carbonyl (C=O) groups excluding carboxylic acids is 1. The monoisotopic (exact) mass is 380 g/mol. The Morgan fingerprint density at radius 3 is 2.56 bits per heavy atom. The van der Waals surface area contributed by atoms with Crippen LogP contribution < -0.4 is 0 Å². The first-order valence-electron chi connectivity index (χ1n) is 9.33. The van der Waals surface area contributed by atoms with Crippen LogP contribution in [0.1, 0.15) is 37.7 Å². The van der Waals surface area contributed by atoms with E-state index < -0.39 is 0 Å². The van der Waals surface area contributed by atoms with Crippen LogP contribution in [0.15, 0.2) is 64.5 Å². The van der Waals surface area contributed by atoms with Gasteiger partial charge in [0.1, 0.15) is 5.82 Å². The SMILES string of the molecule is O=C1/C(=C\c2cccc(F)c2)SC(=Nc2ccccc2)N1C1CCCCC1. The van der Waals surface area contributed by atoms with Crippen LogP contribution in [-0.4, -0.2) is 22.0 Å². The molecule has 0 radical (unpaired) electrons. The Bertz CT molecular complexity index is 888. The van der Waals surface area contributed by atoms with Gasteiger partial charge in [-0.1, -0.05) is 49.6 Å². The Morgan fingerprint density at radius 1 is 1.04 bits per heavy atom. The minimum Gasteiger partial charge on any atom is -0.283 e. The van der Waals surface area contributed by atoms with Gasteiger partial charge in [-0.2, -0.15) is 0 Å². The summed E-state index contributed by atoms with van der Waals surface area (Å²) in [6.07, 6.45) is 7.28. The lowest BCUT2D eigenvalue weighted by Gasteiger charge is -2.30. The molecule has 0 bridgehead atoms. The molecule has 138 valence electrons. The van der Waals surface area contributed by atoms with Gasteiger partial charge in [-0.15, -0.1) is 0 Å². The number of carbonyl (C=O) groups is 1. The lowest BCUT2D eigenvalue weighted by Crippen LogP contribution is -2.40. The fourth-order valence-corrected chi connectivity index (χ4v) is 4.65. The van der Waals surface area contributed by atoms with E-state index in [-0.39, 0.29) is 17.8 Å². The second-order valence-corrected chi connectivity index (χ2v) is 7.87. The van der Waals surface area contributed by atoms with Gasteiger partial charge in [0, 0.05) is 6.04 Å². The number of para-hydroxylation sites is 1. The molecule has 0 aromatic heterocycles. The quantitative estimate of drug-likeness (QED) is 0.634. The van der Waals surface area contributed by atoms with Crippen molar-refractivity contribution >= 4 is 34.6 Å². The average Bonchev–Trinajstić information content (AvgIpc) is 2.98. The summed E-state index contributed by atoms with van der Waals surface area (Å²) in [6.45, 7) is 0. The molecule has 1 saturated heterocycles. The summed E-state index contributed by atoms with van der Waals surface area (Å²) in [5, 5.41) is 0.723. The molecule has 1 saturated carbocycles. The molecule has 2 fully saturated rings. The van der Waals surface area contributed by atoms with Gasteiger partial charge >= 0.3 is 0 Å². The fraction of sp³-hybridized carbons (Fsp3) is 0.273. The zero-order valence-electron chi connectivity index (χ0n) is 15.0. The summed E-state index contributed by atoms with van der Waals surface area (Å²) in [5.41, 5.74) is 1.52. The molecule has 3 nitrogen and oxygen atoms in total. The number of amidine groups is 1. The van der Waals surface area contributed by atoms with Gasteiger partial charge in [-0.05, 0) is 60.5 Å². The summed E-state index contributed by atoms with van der Waals surface area (Å²) < 4.78 is 13.5. The van der Waals surface area contributed by atoms with Crippen LogP contribution in [0.4, 0.5) is 10.1 Å². The van der Waals surface area contributed by atoms with Crippen LogP contribution in [0, 0.1) is 5.82 Å². The molecule has 27 heavy (non-hydrogen) atoms. The molecule has 1 aliphatic heterocycles. The fourth-order valence-electron chi connectivity index (χ4n) is 3.59. The van der Waals surface area contributed by atoms with Crippen molar-refractivity contribution < 1.29 is 9.18 Å². The van der Waals surface area contributed by atoms with Crippen molar-refractivity contribution in [2.24, 2.45) is 4.99 Å². The number of thioether (sulfide) groups is 1. The van der Waals surface area contributed by atoms with E-state index in [0.29, 0.717) is 10.5 Å². The van der Waals surface area contributed by atoms with Crippen molar-refractivity contribution in [1.29, 1.82) is 0 Å². The standard InChI is InChI=1S/C22H21FN2OS/c23-17-9-7-8-16(14-17)15-20-21(26)25(19-12-5-2-6-13-19)22(27-20)24-18-10-3-1-4-11-18/h1,3-4,7-11,14-15,19H,2,5-6,12-13H2/b20-15+,24-22?. The summed E-state index contributed by atoms with van der Waals surface area (Å²) >= 11 is 1.38. The van der Waals surface area contributed by atoms with Gasteiger partial charge in [0.15, 0.2) is 5.17 Å². The molecule has 4 rings (SSSR count). The molecule has 2 aromatic carbocycles. The average molecular weight is 380 g/mol. The van der Waals surface area contributed by atoms with E-state index in [2.05, 4.69) is 0 Å². The summed E-state index contributed by atoms with van der Waals surface area (Å²) in [4.78, 5) is 20.4. The van der Waals surface area contributed by atoms with Crippen molar-refractivity contribution in [2.45, 2.75) is 38.1 Å². The lowest BCUT2D eigenvalue weighted by atomic mass is 9.94. The Kier molecular flexibility index (Phi) is 5.39. The summed E-state index contributed by atoms with van der Waals surface area (Å²) in [5.74, 6) is -0.326. The lowest BCUT2D eigenvalue weighted by molar-refractivity contribution is -0.124. The maximum absolute atomic E-state index is 13.5. The van der Waals surface area contributed by atoms with Crippen LogP contribution in [0.3, 0.4) is 0 Å². The first kappa shape index (κ1) is 18.0. The van der Waals surface area contributed by atoms with E-state index in [4.69, 9.17) is 4.99 Å². The first-order chi connectivity index (χ1) is 13.2. The zero-order chi connectivity index (χ0) is 18.6. The van der Waals surface area contributed by atoms with Crippen LogP contribution in [-0.2, 0) is 4.79 Å². The predicted molar refractivity (Wildman–Crippen MR) is 109 cm³/mol. The van der Waals surface area contributed by atoms with Crippen molar-refractivity contribution in [3.05, 3.63) is 70.9 Å². The van der Waals surface area contributed by atoms with E-state index in [1.165, 1.54) is 30.3 Å². The molecule has 2 aromatic rings. The zero-order valence-corrected chi connectivity index (χ0v) is 15.8. The molecular weight excluding hydrogens is 359 g/mol. The number of benzene rings is 2. The van der Waals surface area contributed by atoms with E-state index >= 15 is 0 Å². The molecule has 0 N–H and O–H groups in total. The van der Waals surface area contributed by atoms with Crippen molar-refractivity contribution in [3.63, 3.8) is 0 Å². The topological polar surface area (TPSA) is 32.7 Å². The second kappa shape index (κ2) is 8.09. The Hall–Kier alpha value is -2.40. The van der Waals surface area contributed by atoms with Gasteiger partial charge < -0.3 is 0 Å². The molecular formula is C22H21FN2OS. The van der Waals surface area contributed by atoms with E-state index in [0.717, 1.165) is 36.5 Å². The minimum atomic E-state index is -0.304. The van der Waals surface area contributed by atoms with Crippen LogP contribution >= 0.6 is 11.8 Å². The Balaban J connectivity index is 1.69. The number of aliphatic imine (C=N–C) groups is 1. The number of halogens is 1. The van der Waals surface area contributed by atoms with Crippen molar-refractivity contribution in [2.75, 3.05) is 0 Å². The maximum Gasteiger partial charge on any atom is 0.267 e. The third-order valence-corrected chi connectivity index (χ3v) is 5.89. The molecule has 0 atom stereocenters. The van der Waals surface area contributed by atoms with Crippen molar-refractivity contribution in [1.82, 2.24) is 4.90 Å². The second-order valence-electron chi connectivity index (χ2n) is 6.86. The smallest absolute Gasteiger partial charge is 0.267 e. The highest BCUT2D eigenvalue weighted by Gasteiger charge is 2.38. The highest BCUT2D eigenvalue weighted by Crippen LogP contribution is 2.38. The van der Waals surface area contributed by atoms with E-state index in [1.807, 2.05) is 35.2 Å². The van der Waals surface area contributed by atoms with Gasteiger partial charge in [0.2, 0.25) is 0 Å². The predicted octanol–water partition coefficient (Wildman–Crippen LogP) is 5.76. The van der Waals surface area contributed by atoms with Crippen LogP contribution in [0.2, 0.25) is 0 Å². The number of hydrogen-bond acceptors (Lipinski definition) is 3. The van der Waals surface area contributed by atoms with Gasteiger partial charge in [-0.3, -0.25) is 9.69 Å². The third kappa shape index (κ3) is 4.14. The molecule has 1 aliphatic carbocycles. The number of hydrogen-bond donors (Lipinski definition) is 0. The Labute approximate surface area is 163 Å². The summed E-state index contributed by atoms with van der Waals surface area (Å²) in [6, 6.07) is 16.2. The van der Waals surface area contributed by atoms with E-state index in [9.17, 15) is 9.18 Å². The van der Waals surface area contributed by atoms with Crippen molar-refractivity contribution in [3.8, 4) is 0 Å². The van der Waals surface area contributed by atoms with E-state index in [1.54, 1.807) is 18.2 Å². The largest absolute Gasteiger partial charge is 0.283 e. The molecule has 5 heteroatoms. The number of rotatable bonds is 3. The molecule has 2 aliphatic rings. The highest BCUT2D eigenvalue weighted by molar-refractivity contribution is 8.18. The van der Waals surface area contributed by atoms with Crippen LogP contribution in [0.25, 0.3) is 6.08 Å². The van der Waals surface area contributed by atoms with Gasteiger partial charge in [-0.25, -0.2) is 9.38 Å². The van der Waals surface area contributed by atoms with Gasteiger partial charge in [0.05, 0.1) is 10.6 Å². The number of amides is 1. The first-order valence-corrected chi connectivity index (χ1v) is 10.1. The summed E-state index contributed by atoms with van der Waals surface area (Å²) in [7, 11) is 0. The molecule has 1 heterocycles. The van der Waals surface area contributed by atoms with Gasteiger partial charge in [0.25, 0.3) is 5.91 Å². The Morgan fingerprint density at radius 2 is 1.81 bits per heavy atom. The normalized spacial score (nSPS) is 21.4. The molecule has 0 unspecified atom stereocenters. The minimum absolute atomic E-state index is 0.0224. The maximum atomic E-state index is 13.5. The highest BCUT2D eigenvalue weighted by atomic mass is 32.2. The number of nitrogens with zero attached hydrogens (tertiary/aromatic N) is 2. The third-order valence-electron chi connectivity index (χ3n) is 4.90. The van der Waals surface area contributed by atoms with Crippen LogP contribution in [0.5, 0.6) is 0 Å². The molecule has 0 spiro atoms. The molecule has 1 amide bonds.